The number of halogens is 2. The molecule has 4 nitrogen and oxygen atoms in total. The maximum absolute atomic E-state index is 12.3. The lowest BCUT2D eigenvalue weighted by Gasteiger charge is -2.23. The fourth-order valence-corrected chi connectivity index (χ4v) is 4.88. The molecule has 0 spiro atoms. The van der Waals surface area contributed by atoms with E-state index in [2.05, 4.69) is 94.7 Å². The molecule has 0 aromatic carbocycles. The third-order valence-electron chi connectivity index (χ3n) is 4.81. The van der Waals surface area contributed by atoms with Gasteiger partial charge in [-0.15, -0.1) is 0 Å². The van der Waals surface area contributed by atoms with Crippen LogP contribution in [0.25, 0.3) is 0 Å². The summed E-state index contributed by atoms with van der Waals surface area (Å²) in [5, 5.41) is 5.30. The zero-order chi connectivity index (χ0) is 19.5. The minimum atomic E-state index is 0.203. The number of allylic oxidation sites excluding steroid dienone is 1. The van der Waals surface area contributed by atoms with Gasteiger partial charge >= 0.3 is 0 Å². The average Bonchev–Trinajstić information content (AvgIpc) is 2.55. The van der Waals surface area contributed by atoms with Gasteiger partial charge in [-0.25, -0.2) is 0 Å². The minimum Gasteiger partial charge on any atom is -0.307 e. The van der Waals surface area contributed by atoms with Crippen molar-refractivity contribution in [2.24, 2.45) is 22.7 Å². The van der Waals surface area contributed by atoms with Crippen molar-refractivity contribution in [2.45, 2.75) is 72.4 Å². The van der Waals surface area contributed by atoms with Crippen molar-refractivity contribution in [3.05, 3.63) is 9.78 Å². The second-order valence-electron chi connectivity index (χ2n) is 8.04. The first kappa shape index (κ1) is 24.3. The number of rotatable bonds is 11. The van der Waals surface area contributed by atoms with Crippen LogP contribution < -0.4 is 10.6 Å². The number of nitrogens with two attached hydrogens (primary N) is 1. The first-order valence-corrected chi connectivity index (χ1v) is 12.4. The Kier molecular flexibility index (Phi) is 12.6. The summed E-state index contributed by atoms with van der Waals surface area (Å²) in [4.78, 5) is 16.8. The molecule has 1 aliphatic rings. The van der Waals surface area contributed by atoms with Gasteiger partial charge in [0, 0.05) is 33.1 Å². The van der Waals surface area contributed by atoms with Crippen LogP contribution in [0.15, 0.2) is 14.8 Å². The second-order valence-corrected chi connectivity index (χ2v) is 10.3. The summed E-state index contributed by atoms with van der Waals surface area (Å²) >= 11 is 4.87. The lowest BCUT2D eigenvalue weighted by atomic mass is 9.87. The number of amides is 1. The Balaban J connectivity index is 2.28. The zero-order valence-electron chi connectivity index (χ0n) is 16.7. The van der Waals surface area contributed by atoms with Crippen LogP contribution in [-0.2, 0) is 4.79 Å². The Hall–Kier alpha value is 0.300. The van der Waals surface area contributed by atoms with Gasteiger partial charge in [-0.05, 0) is 79.9 Å². The van der Waals surface area contributed by atoms with E-state index < -0.39 is 0 Å². The van der Waals surface area contributed by atoms with Gasteiger partial charge in [0.2, 0.25) is 5.91 Å². The van der Waals surface area contributed by atoms with Gasteiger partial charge in [-0.1, -0.05) is 36.4 Å². The highest BCUT2D eigenvalue weighted by Crippen LogP contribution is 2.25. The van der Waals surface area contributed by atoms with Crippen molar-refractivity contribution in [3.63, 3.8) is 0 Å². The Morgan fingerprint density at radius 1 is 1.35 bits per heavy atom. The van der Waals surface area contributed by atoms with Crippen LogP contribution in [0.1, 0.15) is 66.2 Å². The molecule has 0 aromatic rings. The van der Waals surface area contributed by atoms with Crippen LogP contribution in [0.2, 0.25) is 0 Å². The fourth-order valence-electron chi connectivity index (χ4n) is 3.56. The van der Waals surface area contributed by atoms with E-state index in [1.807, 2.05) is 0 Å². The molecule has 0 saturated heterocycles. The average molecular weight is 588 g/mol. The van der Waals surface area contributed by atoms with E-state index >= 15 is 0 Å². The Morgan fingerprint density at radius 3 is 2.65 bits per heavy atom. The zero-order valence-corrected chi connectivity index (χ0v) is 21.0. The van der Waals surface area contributed by atoms with E-state index in [4.69, 9.17) is 0 Å². The molecule has 0 bridgehead atoms. The highest BCUT2D eigenvalue weighted by molar-refractivity contribution is 14.1. The number of alkyl halides is 1. The minimum absolute atomic E-state index is 0.203. The van der Waals surface area contributed by atoms with Crippen molar-refractivity contribution >= 4 is 56.8 Å². The van der Waals surface area contributed by atoms with Gasteiger partial charge in [0.15, 0.2) is 6.17 Å². The van der Waals surface area contributed by atoms with Crippen molar-refractivity contribution < 1.29 is 10.1 Å². The summed E-state index contributed by atoms with van der Waals surface area (Å²) in [6.07, 6.45) is 8.65. The molecule has 1 rings (SSSR count). The van der Waals surface area contributed by atoms with Gasteiger partial charge in [-0.3, -0.25) is 15.1 Å². The van der Waals surface area contributed by atoms with Crippen LogP contribution >= 0.6 is 45.2 Å². The normalized spacial score (nSPS) is 20.7. The Labute approximate surface area is 187 Å². The molecule has 3 N–H and O–H groups in total. The molecular weight excluding hydrogens is 552 g/mol. The van der Waals surface area contributed by atoms with Crippen molar-refractivity contribution in [1.29, 1.82) is 0 Å². The summed E-state index contributed by atoms with van der Waals surface area (Å²) in [6.45, 7) is 9.64. The van der Waals surface area contributed by atoms with E-state index in [1.54, 1.807) is 0 Å². The van der Waals surface area contributed by atoms with Gasteiger partial charge in [0.05, 0.1) is 0 Å². The van der Waals surface area contributed by atoms with E-state index in [9.17, 15) is 4.79 Å². The first-order valence-electron chi connectivity index (χ1n) is 9.82. The SMILES string of the molecule is CC(C)=NCCC(CI)CC(C)CC(C)CC(=O)NC1CCC(I)=C[NH2+]1. The number of quaternary nitrogens is 1. The largest absolute Gasteiger partial charge is 0.307 e. The number of carbonyl (C=O) groups excluding carboxylic acids is 1. The van der Waals surface area contributed by atoms with Crippen LogP contribution in [0.3, 0.4) is 0 Å². The fraction of sp³-hybridized carbons (Fsp3) is 0.800. The van der Waals surface area contributed by atoms with E-state index in [1.165, 1.54) is 26.6 Å². The van der Waals surface area contributed by atoms with E-state index in [-0.39, 0.29) is 12.1 Å². The summed E-state index contributed by atoms with van der Waals surface area (Å²) in [5.74, 6) is 2.04. The molecule has 0 fully saturated rings. The molecule has 26 heavy (non-hydrogen) atoms. The molecule has 150 valence electrons. The standard InChI is InChI=1S/C20H35I2N3O/c1-14(2)23-8-7-17(12-21)10-15(3)9-16(4)11-20(26)25-19-6-5-18(22)13-24-19/h13,15-17,19,24H,5-12H2,1-4H3,(H,25,26)/p+1. The number of aliphatic imine (C=N–C) groups is 1. The molecule has 0 aliphatic carbocycles. The molecule has 0 saturated carbocycles. The number of hydrogen-bond donors (Lipinski definition) is 2. The maximum Gasteiger partial charge on any atom is 0.224 e. The summed E-state index contributed by atoms with van der Waals surface area (Å²) in [6, 6.07) is 0. The molecule has 0 aromatic heterocycles. The summed E-state index contributed by atoms with van der Waals surface area (Å²) in [5.41, 5.74) is 1.17. The monoisotopic (exact) mass is 588 g/mol. The molecule has 1 aliphatic heterocycles. The molecule has 4 atom stereocenters. The number of nitrogens with zero attached hydrogens (tertiary/aromatic N) is 1. The molecular formula is C20H36I2N3O+. The van der Waals surface area contributed by atoms with Crippen LogP contribution in [-0.4, -0.2) is 28.8 Å². The number of hydrogen-bond acceptors (Lipinski definition) is 2. The predicted octanol–water partition coefficient (Wildman–Crippen LogP) is 4.43. The lowest BCUT2D eigenvalue weighted by molar-refractivity contribution is -0.634. The quantitative estimate of drug-likeness (QED) is 0.210. The summed E-state index contributed by atoms with van der Waals surface area (Å²) < 4.78 is 2.57. The van der Waals surface area contributed by atoms with Gasteiger partial charge < -0.3 is 5.32 Å². The highest BCUT2D eigenvalue weighted by atomic mass is 127. The topological polar surface area (TPSA) is 58.1 Å². The van der Waals surface area contributed by atoms with Crippen LogP contribution in [0.5, 0.6) is 0 Å². The predicted molar refractivity (Wildman–Crippen MR) is 128 cm³/mol. The van der Waals surface area contributed by atoms with Crippen molar-refractivity contribution in [1.82, 2.24) is 5.32 Å². The Morgan fingerprint density at radius 2 is 2.08 bits per heavy atom. The third-order valence-corrected chi connectivity index (χ3v) is 6.95. The number of nitrogens with one attached hydrogen (secondary N) is 1. The van der Waals surface area contributed by atoms with Gasteiger partial charge in [0.1, 0.15) is 6.20 Å². The third kappa shape index (κ3) is 11.2. The van der Waals surface area contributed by atoms with Gasteiger partial charge in [-0.2, -0.15) is 0 Å². The maximum atomic E-state index is 12.3. The van der Waals surface area contributed by atoms with Crippen LogP contribution in [0, 0.1) is 17.8 Å². The molecule has 4 unspecified atom stereocenters. The number of carbonyl (C=O) groups is 1. The highest BCUT2D eigenvalue weighted by Gasteiger charge is 2.21. The molecule has 1 heterocycles. The van der Waals surface area contributed by atoms with Crippen LogP contribution in [0.4, 0.5) is 0 Å². The lowest BCUT2D eigenvalue weighted by Crippen LogP contribution is -2.89. The first-order chi connectivity index (χ1) is 12.3. The molecule has 0 radical (unpaired) electrons. The second kappa shape index (κ2) is 13.5. The molecule has 1 amide bonds. The van der Waals surface area contributed by atoms with E-state index in [0.29, 0.717) is 18.3 Å². The molecule has 6 heteroatoms. The van der Waals surface area contributed by atoms with Crippen molar-refractivity contribution in [2.75, 3.05) is 11.0 Å². The van der Waals surface area contributed by atoms with Gasteiger partial charge in [0.25, 0.3) is 0 Å². The smallest absolute Gasteiger partial charge is 0.224 e. The summed E-state index contributed by atoms with van der Waals surface area (Å²) in [7, 11) is 0. The Bertz CT molecular complexity index is 489. The van der Waals surface area contributed by atoms with E-state index in [0.717, 1.165) is 31.7 Å². The van der Waals surface area contributed by atoms with Crippen molar-refractivity contribution in [3.8, 4) is 0 Å².